The van der Waals surface area contributed by atoms with E-state index in [2.05, 4.69) is 11.1 Å². The zero-order valence-electron chi connectivity index (χ0n) is 16.4. The van der Waals surface area contributed by atoms with E-state index in [1.165, 1.54) is 5.56 Å². The van der Waals surface area contributed by atoms with Crippen LogP contribution in [0.2, 0.25) is 5.02 Å². The van der Waals surface area contributed by atoms with Crippen LogP contribution in [0.5, 0.6) is 0 Å². The molecule has 0 radical (unpaired) electrons. The molecule has 0 spiro atoms. The molecule has 0 aliphatic carbocycles. The van der Waals surface area contributed by atoms with Crippen molar-refractivity contribution in [3.63, 3.8) is 0 Å². The van der Waals surface area contributed by atoms with Gasteiger partial charge in [0.1, 0.15) is 0 Å². The van der Waals surface area contributed by atoms with Crippen LogP contribution in [0.15, 0.2) is 42.6 Å². The van der Waals surface area contributed by atoms with Crippen LogP contribution in [0.25, 0.3) is 0 Å². The van der Waals surface area contributed by atoms with Crippen LogP contribution in [0, 0.1) is 5.92 Å². The molecule has 1 atom stereocenters. The lowest BCUT2D eigenvalue weighted by atomic mass is 9.95. The van der Waals surface area contributed by atoms with E-state index < -0.39 is 5.97 Å². The van der Waals surface area contributed by atoms with Crippen molar-refractivity contribution in [3.8, 4) is 0 Å². The number of nitrogens with zero attached hydrogens (tertiary/aromatic N) is 1. The van der Waals surface area contributed by atoms with Crippen molar-refractivity contribution >= 4 is 23.4 Å². The molecule has 0 fully saturated rings. The number of benzene rings is 1. The molecule has 0 saturated carbocycles. The highest BCUT2D eigenvalue weighted by Gasteiger charge is 2.17. The zero-order chi connectivity index (χ0) is 20.4. The van der Waals surface area contributed by atoms with E-state index in [0.29, 0.717) is 5.56 Å². The summed E-state index contributed by atoms with van der Waals surface area (Å²) in [7, 11) is 0. The monoisotopic (exact) mass is 401 g/mol. The molecule has 1 N–H and O–H groups in total. The fourth-order valence-electron chi connectivity index (χ4n) is 3.36. The lowest BCUT2D eigenvalue weighted by Crippen LogP contribution is -2.12. The molecule has 0 unspecified atom stereocenters. The molecular formula is C23H28ClNO3. The van der Waals surface area contributed by atoms with Gasteiger partial charge in [-0.15, -0.1) is 0 Å². The maximum Gasteiger partial charge on any atom is 0.303 e. The first-order chi connectivity index (χ1) is 13.5. The Balaban J connectivity index is 1.76. The number of carboxylic acids is 1. The quantitative estimate of drug-likeness (QED) is 0.362. The molecule has 0 aliphatic heterocycles. The number of carboxylic acid groups (broad SMARTS) is 1. The van der Waals surface area contributed by atoms with Crippen molar-refractivity contribution in [2.45, 2.75) is 58.3 Å². The highest BCUT2D eigenvalue weighted by atomic mass is 35.5. The zero-order valence-corrected chi connectivity index (χ0v) is 17.1. The smallest absolute Gasteiger partial charge is 0.303 e. The Morgan fingerprint density at radius 3 is 2.50 bits per heavy atom. The summed E-state index contributed by atoms with van der Waals surface area (Å²) in [5.74, 6) is -1.06. The summed E-state index contributed by atoms with van der Waals surface area (Å²) < 4.78 is 0. The van der Waals surface area contributed by atoms with Crippen LogP contribution in [0.1, 0.15) is 67.1 Å². The average molecular weight is 402 g/mol. The number of Topliss-reactive ketones (excluding diaryl/α,β-unsaturated/α-hetero) is 1. The Labute approximate surface area is 172 Å². The second kappa shape index (κ2) is 11.6. The van der Waals surface area contributed by atoms with Crippen LogP contribution in [0.3, 0.4) is 0 Å². The number of carbonyl (C=O) groups excluding carboxylic acids is 1. The molecule has 1 heterocycles. The largest absolute Gasteiger partial charge is 0.481 e. The van der Waals surface area contributed by atoms with E-state index in [4.69, 9.17) is 16.7 Å². The van der Waals surface area contributed by atoms with Gasteiger partial charge in [-0.3, -0.25) is 14.6 Å². The van der Waals surface area contributed by atoms with Crippen LogP contribution in [-0.2, 0) is 17.6 Å². The van der Waals surface area contributed by atoms with E-state index >= 15 is 0 Å². The Hall–Kier alpha value is -2.20. The van der Waals surface area contributed by atoms with Gasteiger partial charge in [0.2, 0.25) is 0 Å². The molecule has 2 aromatic rings. The highest BCUT2D eigenvalue weighted by Crippen LogP contribution is 2.18. The lowest BCUT2D eigenvalue weighted by molar-refractivity contribution is -0.137. The second-order valence-electron chi connectivity index (χ2n) is 7.37. The van der Waals surface area contributed by atoms with Crippen LogP contribution >= 0.6 is 11.6 Å². The van der Waals surface area contributed by atoms with E-state index in [9.17, 15) is 9.59 Å². The van der Waals surface area contributed by atoms with Gasteiger partial charge in [-0.1, -0.05) is 43.5 Å². The topological polar surface area (TPSA) is 67.3 Å². The molecule has 0 amide bonds. The number of aliphatic carboxylic acids is 1. The van der Waals surface area contributed by atoms with Gasteiger partial charge in [-0.25, -0.2) is 0 Å². The summed E-state index contributed by atoms with van der Waals surface area (Å²) in [6.45, 7) is 1.79. The SMILES string of the molecule is C[C@H](CC(=O)O)CC(=O)c1cccnc1CCCCCCc1cccc(Cl)c1. The highest BCUT2D eigenvalue weighted by molar-refractivity contribution is 6.30. The summed E-state index contributed by atoms with van der Waals surface area (Å²) in [4.78, 5) is 27.7. The van der Waals surface area contributed by atoms with Crippen LogP contribution in [0.4, 0.5) is 0 Å². The van der Waals surface area contributed by atoms with Crippen molar-refractivity contribution in [1.29, 1.82) is 0 Å². The number of carbonyl (C=O) groups is 2. The number of hydrogen-bond acceptors (Lipinski definition) is 3. The fourth-order valence-corrected chi connectivity index (χ4v) is 3.57. The predicted molar refractivity (Wildman–Crippen MR) is 112 cm³/mol. The van der Waals surface area contributed by atoms with Gasteiger partial charge < -0.3 is 5.11 Å². The Bertz CT molecular complexity index is 791. The van der Waals surface area contributed by atoms with Crippen LogP contribution < -0.4 is 0 Å². The third-order valence-corrected chi connectivity index (χ3v) is 5.00. The third-order valence-electron chi connectivity index (χ3n) is 4.77. The number of rotatable bonds is 12. The number of pyridine rings is 1. The maximum atomic E-state index is 12.5. The van der Waals surface area contributed by atoms with Crippen molar-refractivity contribution in [3.05, 3.63) is 64.4 Å². The number of hydrogen-bond donors (Lipinski definition) is 1. The third kappa shape index (κ3) is 7.81. The molecule has 1 aromatic carbocycles. The van der Waals surface area contributed by atoms with Crippen LogP contribution in [-0.4, -0.2) is 21.8 Å². The maximum absolute atomic E-state index is 12.5. The first-order valence-corrected chi connectivity index (χ1v) is 10.3. The van der Waals surface area contributed by atoms with E-state index in [1.54, 1.807) is 25.3 Å². The number of halogens is 1. The van der Waals surface area contributed by atoms with Gasteiger partial charge in [0.25, 0.3) is 0 Å². The summed E-state index contributed by atoms with van der Waals surface area (Å²) in [6, 6.07) is 11.6. The molecule has 28 heavy (non-hydrogen) atoms. The number of aromatic nitrogens is 1. The van der Waals surface area contributed by atoms with Gasteiger partial charge in [-0.2, -0.15) is 0 Å². The Morgan fingerprint density at radius 1 is 1.04 bits per heavy atom. The summed E-state index contributed by atoms with van der Waals surface area (Å²) in [6.07, 6.45) is 8.06. The molecule has 0 bridgehead atoms. The molecule has 0 saturated heterocycles. The molecule has 2 rings (SSSR count). The molecule has 1 aromatic heterocycles. The lowest BCUT2D eigenvalue weighted by Gasteiger charge is -2.11. The summed E-state index contributed by atoms with van der Waals surface area (Å²) >= 11 is 6.01. The number of unbranched alkanes of at least 4 members (excludes halogenated alkanes) is 3. The molecule has 4 nitrogen and oxygen atoms in total. The minimum Gasteiger partial charge on any atom is -0.481 e. The second-order valence-corrected chi connectivity index (χ2v) is 7.81. The van der Waals surface area contributed by atoms with Crippen molar-refractivity contribution < 1.29 is 14.7 Å². The molecule has 5 heteroatoms. The fraction of sp³-hybridized carbons (Fsp3) is 0.435. The predicted octanol–water partition coefficient (Wildman–Crippen LogP) is 5.76. The van der Waals surface area contributed by atoms with E-state index in [-0.39, 0.29) is 24.5 Å². The standard InChI is InChI=1S/C23H28ClNO3/c1-17(15-23(27)28)14-22(26)20-11-7-13-25-21(20)12-5-3-2-4-8-18-9-6-10-19(24)16-18/h6-7,9-11,13,16-17H,2-5,8,12,14-15H2,1H3,(H,27,28)/t17-/m0/s1. The number of aryl methyl sites for hydroxylation is 2. The number of ketones is 1. The van der Waals surface area contributed by atoms with Gasteiger partial charge in [0.05, 0.1) is 5.69 Å². The first kappa shape index (κ1) is 22.1. The summed E-state index contributed by atoms with van der Waals surface area (Å²) in [5, 5.41) is 9.65. The minimum absolute atomic E-state index is 0.00790. The Kier molecular flexibility index (Phi) is 9.15. The van der Waals surface area contributed by atoms with Gasteiger partial charge in [0.15, 0.2) is 5.78 Å². The first-order valence-electron chi connectivity index (χ1n) is 9.89. The molecular weight excluding hydrogens is 374 g/mol. The van der Waals surface area contributed by atoms with Gasteiger partial charge in [0, 0.05) is 29.6 Å². The molecule has 0 aliphatic rings. The van der Waals surface area contributed by atoms with Crippen molar-refractivity contribution in [2.75, 3.05) is 0 Å². The van der Waals surface area contributed by atoms with E-state index in [0.717, 1.165) is 49.2 Å². The van der Waals surface area contributed by atoms with E-state index in [1.807, 2.05) is 18.2 Å². The average Bonchev–Trinajstić information content (AvgIpc) is 2.64. The van der Waals surface area contributed by atoms with Crippen molar-refractivity contribution in [1.82, 2.24) is 4.98 Å². The minimum atomic E-state index is -0.871. The summed E-state index contributed by atoms with van der Waals surface area (Å²) in [5.41, 5.74) is 2.73. The van der Waals surface area contributed by atoms with Gasteiger partial charge >= 0.3 is 5.97 Å². The molecule has 150 valence electrons. The van der Waals surface area contributed by atoms with Crippen molar-refractivity contribution in [2.24, 2.45) is 5.92 Å². The van der Waals surface area contributed by atoms with Gasteiger partial charge in [-0.05, 0) is 61.4 Å². The Morgan fingerprint density at radius 2 is 1.79 bits per heavy atom. The normalized spacial score (nSPS) is 11.9.